The number of halogens is 1. The molecule has 1 aliphatic heterocycles. The van der Waals surface area contributed by atoms with Gasteiger partial charge in [-0.05, 0) is 57.4 Å². The largest absolute Gasteiger partial charge is 0.326 e. The number of hydrogen-bond acceptors (Lipinski definition) is 4. The summed E-state index contributed by atoms with van der Waals surface area (Å²) in [5.41, 5.74) is 4.90. The number of carbonyl (C=O) groups is 2. The molecule has 0 radical (unpaired) electrons. The minimum Gasteiger partial charge on any atom is -0.326 e. The van der Waals surface area contributed by atoms with Gasteiger partial charge in [0.2, 0.25) is 5.91 Å². The number of anilines is 1. The van der Waals surface area contributed by atoms with Gasteiger partial charge in [-0.1, -0.05) is 24.2 Å². The Kier molecular flexibility index (Phi) is 5.79. The first-order chi connectivity index (χ1) is 13.7. The second-order valence-electron chi connectivity index (χ2n) is 6.97. The molecule has 0 unspecified atom stereocenters. The summed E-state index contributed by atoms with van der Waals surface area (Å²) in [6.45, 7) is 11.0. The van der Waals surface area contributed by atoms with Crippen LogP contribution in [0, 0.1) is 20.8 Å². The minimum atomic E-state index is -0.419. The van der Waals surface area contributed by atoms with E-state index in [9.17, 15) is 9.59 Å². The lowest BCUT2D eigenvalue weighted by Crippen LogP contribution is -2.23. The zero-order valence-electron chi connectivity index (χ0n) is 16.8. The molecule has 0 spiro atoms. The maximum absolute atomic E-state index is 12.4. The van der Waals surface area contributed by atoms with Gasteiger partial charge >= 0.3 is 0 Å². The number of benzene rings is 1. The van der Waals surface area contributed by atoms with Gasteiger partial charge in [0.05, 0.1) is 17.0 Å². The summed E-state index contributed by atoms with van der Waals surface area (Å²) in [6, 6.07) is 5.41. The van der Waals surface area contributed by atoms with E-state index in [-0.39, 0.29) is 23.9 Å². The number of hydrogen-bond donors (Lipinski definition) is 1. The number of aryl methyl sites for hydroxylation is 2. The van der Waals surface area contributed by atoms with Gasteiger partial charge in [0.15, 0.2) is 0 Å². The third-order valence-corrected chi connectivity index (χ3v) is 5.26. The van der Waals surface area contributed by atoms with Gasteiger partial charge < -0.3 is 5.32 Å². The lowest BCUT2D eigenvalue weighted by molar-refractivity contribution is -0.116. The molecule has 3 rings (SSSR count). The van der Waals surface area contributed by atoms with Crippen molar-refractivity contribution in [1.29, 1.82) is 0 Å². The van der Waals surface area contributed by atoms with Gasteiger partial charge in [0.25, 0.3) is 11.9 Å². The van der Waals surface area contributed by atoms with Gasteiger partial charge in [-0.25, -0.2) is 9.67 Å². The Hall–Kier alpha value is -3.06. The van der Waals surface area contributed by atoms with Crippen molar-refractivity contribution in [3.63, 3.8) is 0 Å². The van der Waals surface area contributed by atoms with Crippen molar-refractivity contribution in [2.75, 3.05) is 5.32 Å². The lowest BCUT2D eigenvalue weighted by atomic mass is 10.1. The van der Waals surface area contributed by atoms with Crippen LogP contribution in [0.5, 0.6) is 0 Å². The van der Waals surface area contributed by atoms with Crippen LogP contribution in [0.4, 0.5) is 5.69 Å². The predicted molar refractivity (Wildman–Crippen MR) is 115 cm³/mol. The van der Waals surface area contributed by atoms with Crippen molar-refractivity contribution in [1.82, 2.24) is 9.78 Å². The van der Waals surface area contributed by atoms with E-state index in [1.54, 1.807) is 13.0 Å². The molecule has 0 bridgehead atoms. The highest BCUT2D eigenvalue weighted by atomic mass is 35.5. The smallest absolute Gasteiger partial charge is 0.281 e. The normalized spacial score (nSPS) is 14.0. The first-order valence-corrected chi connectivity index (χ1v) is 9.54. The summed E-state index contributed by atoms with van der Waals surface area (Å²) >= 11 is 6.10. The van der Waals surface area contributed by atoms with E-state index in [1.165, 1.54) is 4.68 Å². The van der Waals surface area contributed by atoms with Crippen molar-refractivity contribution in [3.8, 4) is 0 Å². The van der Waals surface area contributed by atoms with Crippen molar-refractivity contribution in [2.45, 2.75) is 40.5 Å². The topological polar surface area (TPSA) is 88.7 Å². The highest BCUT2D eigenvalue weighted by molar-refractivity contribution is 6.31. The van der Waals surface area contributed by atoms with Crippen molar-refractivity contribution in [2.24, 2.45) is 9.98 Å². The van der Waals surface area contributed by atoms with Gasteiger partial charge in [-0.2, -0.15) is 10.1 Å². The van der Waals surface area contributed by atoms with Crippen LogP contribution in [-0.4, -0.2) is 33.3 Å². The molecule has 1 aromatic carbocycles. The zero-order valence-corrected chi connectivity index (χ0v) is 17.6. The van der Waals surface area contributed by atoms with Crippen LogP contribution in [0.25, 0.3) is 0 Å². The monoisotopic (exact) mass is 411 g/mol. The third kappa shape index (κ3) is 4.35. The van der Waals surface area contributed by atoms with Crippen molar-refractivity contribution < 1.29 is 9.59 Å². The van der Waals surface area contributed by atoms with Crippen LogP contribution >= 0.6 is 11.6 Å². The number of nitrogens with zero attached hydrogens (tertiary/aromatic N) is 4. The second-order valence-corrected chi connectivity index (χ2v) is 7.37. The molecule has 0 saturated carbocycles. The summed E-state index contributed by atoms with van der Waals surface area (Å²) in [7, 11) is 0. The molecule has 0 atom stereocenters. The Morgan fingerprint density at radius 1 is 1.21 bits per heavy atom. The molecule has 2 amide bonds. The predicted octanol–water partition coefficient (Wildman–Crippen LogP) is 3.79. The average molecular weight is 412 g/mol. The summed E-state index contributed by atoms with van der Waals surface area (Å²) in [5.74, 6) is -0.324. The number of aromatic nitrogens is 2. The molecule has 7 nitrogen and oxygen atoms in total. The van der Waals surface area contributed by atoms with Crippen LogP contribution in [0.3, 0.4) is 0 Å². The number of nitrogens with one attached hydrogen (secondary N) is 1. The van der Waals surface area contributed by atoms with Gasteiger partial charge in [0, 0.05) is 22.8 Å². The van der Waals surface area contributed by atoms with Crippen LogP contribution < -0.4 is 5.32 Å². The molecule has 1 N–H and O–H groups in total. The number of amides is 2. The average Bonchev–Trinajstić information content (AvgIpc) is 2.94. The summed E-state index contributed by atoms with van der Waals surface area (Å²) in [6.07, 6.45) is 0.781. The lowest BCUT2D eigenvalue weighted by Gasteiger charge is -2.11. The minimum absolute atomic E-state index is 0.119. The fourth-order valence-electron chi connectivity index (χ4n) is 3.01. The van der Waals surface area contributed by atoms with Crippen molar-refractivity contribution in [3.05, 3.63) is 57.9 Å². The summed E-state index contributed by atoms with van der Waals surface area (Å²) in [5, 5.41) is 7.92. The fraction of sp³-hybridized carbons (Fsp3) is 0.286. The number of carbonyl (C=O) groups excluding carboxylic acids is 2. The Balaban J connectivity index is 1.73. The molecule has 8 heteroatoms. The second kappa shape index (κ2) is 8.13. The molecule has 1 aromatic heterocycles. The maximum Gasteiger partial charge on any atom is 0.281 e. The maximum atomic E-state index is 12.4. The summed E-state index contributed by atoms with van der Waals surface area (Å²) < 4.78 is 1.54. The van der Waals surface area contributed by atoms with Crippen LogP contribution in [0.1, 0.15) is 35.9 Å². The van der Waals surface area contributed by atoms with Crippen LogP contribution in [-0.2, 0) is 16.0 Å². The zero-order chi connectivity index (χ0) is 21.3. The van der Waals surface area contributed by atoms with E-state index in [2.05, 4.69) is 27.0 Å². The molecule has 150 valence electrons. The third-order valence-electron chi connectivity index (χ3n) is 4.85. The Morgan fingerprint density at radius 2 is 1.93 bits per heavy atom. The molecular formula is C21H22ClN5O2. The SMILES string of the molecule is C=C1C(=O)N=C(n2nc(C)c(CCC(=O)Nc3ccc(C)c(Cl)c3)c2C)N=C1C. The van der Waals surface area contributed by atoms with Gasteiger partial charge in [-0.15, -0.1) is 0 Å². The standard InChI is InChI=1S/C21H22ClN5O2/c1-11-6-7-16(10-18(11)22)24-19(28)9-8-17-14(4)26-27(15(17)5)21-23-13(3)12(2)20(29)25-21/h6-7,10H,2,8-9H2,1,3-5H3,(H,24,28). The molecule has 2 heterocycles. The van der Waals surface area contributed by atoms with E-state index in [4.69, 9.17) is 11.6 Å². The summed E-state index contributed by atoms with van der Waals surface area (Å²) in [4.78, 5) is 32.6. The van der Waals surface area contributed by atoms with E-state index < -0.39 is 5.91 Å². The van der Waals surface area contributed by atoms with Crippen LogP contribution in [0.2, 0.25) is 5.02 Å². The molecule has 0 fully saturated rings. The first-order valence-electron chi connectivity index (χ1n) is 9.16. The highest BCUT2D eigenvalue weighted by Gasteiger charge is 2.22. The van der Waals surface area contributed by atoms with Crippen LogP contribution in [0.15, 0.2) is 40.3 Å². The molecule has 1 aliphatic rings. The Morgan fingerprint density at radius 3 is 2.59 bits per heavy atom. The molecule has 0 aliphatic carbocycles. The van der Waals surface area contributed by atoms with Gasteiger partial charge in [0.1, 0.15) is 0 Å². The van der Waals surface area contributed by atoms with E-state index in [0.29, 0.717) is 22.8 Å². The number of aliphatic imine (C=N–C) groups is 2. The first kappa shape index (κ1) is 20.7. The van der Waals surface area contributed by atoms with E-state index >= 15 is 0 Å². The molecule has 2 aromatic rings. The van der Waals surface area contributed by atoms with Gasteiger partial charge in [-0.3, -0.25) is 9.59 Å². The van der Waals surface area contributed by atoms with E-state index in [0.717, 1.165) is 22.5 Å². The molecular weight excluding hydrogens is 390 g/mol. The highest BCUT2D eigenvalue weighted by Crippen LogP contribution is 2.21. The Labute approximate surface area is 174 Å². The number of rotatable bonds is 4. The Bertz CT molecular complexity index is 1090. The fourth-order valence-corrected chi connectivity index (χ4v) is 3.19. The quantitative estimate of drug-likeness (QED) is 0.776. The van der Waals surface area contributed by atoms with E-state index in [1.807, 2.05) is 32.9 Å². The molecule has 0 saturated heterocycles. The molecule has 29 heavy (non-hydrogen) atoms. The van der Waals surface area contributed by atoms with Crippen molar-refractivity contribution >= 4 is 40.8 Å².